The van der Waals surface area contributed by atoms with Crippen molar-refractivity contribution in [1.82, 2.24) is 15.8 Å². The summed E-state index contributed by atoms with van der Waals surface area (Å²) in [4.78, 5) is 27.0. The van der Waals surface area contributed by atoms with Gasteiger partial charge in [0.2, 0.25) is 5.91 Å². The fourth-order valence-corrected chi connectivity index (χ4v) is 2.46. The topological polar surface area (TPSA) is 83.2 Å². The molecule has 0 fully saturated rings. The largest absolute Gasteiger partial charge is 0.494 e. The van der Waals surface area contributed by atoms with Gasteiger partial charge in [0.15, 0.2) is 0 Å². The maximum absolute atomic E-state index is 12.2. The predicted octanol–water partition coefficient (Wildman–Crippen LogP) is 2.79. The number of aromatic nitrogens is 1. The number of para-hydroxylation sites is 2. The number of ether oxygens (including phenoxy) is 1. The highest BCUT2D eigenvalue weighted by Gasteiger charge is 2.12. The standard InChI is InChI=1S/C19H19N3O3/c23-18(11-6-12-25-14-7-2-1-3-8-14)21-22-19(24)16-13-20-17-10-5-4-9-15(16)17/h1-5,7-10,13,20H,6,11-12H2,(H,21,23)(H,22,24). The predicted molar refractivity (Wildman–Crippen MR) is 95.1 cm³/mol. The molecule has 1 aromatic heterocycles. The van der Waals surface area contributed by atoms with Gasteiger partial charge in [-0.3, -0.25) is 20.4 Å². The highest BCUT2D eigenvalue weighted by Crippen LogP contribution is 2.17. The third-order valence-corrected chi connectivity index (χ3v) is 3.71. The van der Waals surface area contributed by atoms with Gasteiger partial charge in [-0.25, -0.2) is 0 Å². The number of carbonyl (C=O) groups is 2. The Morgan fingerprint density at radius 3 is 2.56 bits per heavy atom. The number of amides is 2. The van der Waals surface area contributed by atoms with E-state index in [0.717, 1.165) is 16.7 Å². The van der Waals surface area contributed by atoms with Crippen LogP contribution in [-0.2, 0) is 4.79 Å². The fourth-order valence-electron chi connectivity index (χ4n) is 2.46. The first-order valence-corrected chi connectivity index (χ1v) is 8.07. The molecule has 3 rings (SSSR count). The van der Waals surface area contributed by atoms with Crippen molar-refractivity contribution >= 4 is 22.7 Å². The average molecular weight is 337 g/mol. The normalized spacial score (nSPS) is 10.4. The Hall–Kier alpha value is -3.28. The van der Waals surface area contributed by atoms with Crippen molar-refractivity contribution in [2.24, 2.45) is 0 Å². The van der Waals surface area contributed by atoms with E-state index in [1.807, 2.05) is 54.6 Å². The van der Waals surface area contributed by atoms with E-state index in [-0.39, 0.29) is 18.2 Å². The summed E-state index contributed by atoms with van der Waals surface area (Å²) in [6, 6.07) is 16.9. The number of carbonyl (C=O) groups excluding carboxylic acids is 2. The molecule has 0 aliphatic carbocycles. The molecule has 0 aliphatic heterocycles. The summed E-state index contributed by atoms with van der Waals surface area (Å²) in [6.45, 7) is 0.438. The lowest BCUT2D eigenvalue weighted by Gasteiger charge is -2.08. The van der Waals surface area contributed by atoms with Crippen LogP contribution < -0.4 is 15.6 Å². The molecule has 128 valence electrons. The van der Waals surface area contributed by atoms with Gasteiger partial charge in [-0.05, 0) is 24.6 Å². The van der Waals surface area contributed by atoms with Crippen molar-refractivity contribution in [1.29, 1.82) is 0 Å². The van der Waals surface area contributed by atoms with E-state index in [4.69, 9.17) is 4.74 Å². The number of rotatable bonds is 6. The third-order valence-electron chi connectivity index (χ3n) is 3.71. The quantitative estimate of drug-likeness (QED) is 0.478. The molecule has 0 saturated heterocycles. The smallest absolute Gasteiger partial charge is 0.271 e. The van der Waals surface area contributed by atoms with E-state index in [2.05, 4.69) is 15.8 Å². The molecule has 0 spiro atoms. The molecule has 6 nitrogen and oxygen atoms in total. The number of aromatic amines is 1. The van der Waals surface area contributed by atoms with Gasteiger partial charge in [0.1, 0.15) is 5.75 Å². The van der Waals surface area contributed by atoms with Crippen molar-refractivity contribution in [2.45, 2.75) is 12.8 Å². The second-order valence-corrected chi connectivity index (χ2v) is 5.52. The van der Waals surface area contributed by atoms with E-state index >= 15 is 0 Å². The summed E-state index contributed by atoms with van der Waals surface area (Å²) in [5.41, 5.74) is 6.22. The monoisotopic (exact) mass is 337 g/mol. The van der Waals surface area contributed by atoms with Gasteiger partial charge in [0.25, 0.3) is 5.91 Å². The molecule has 1 heterocycles. The molecule has 0 saturated carbocycles. The van der Waals surface area contributed by atoms with Crippen LogP contribution in [0.15, 0.2) is 60.8 Å². The Kier molecular flexibility index (Phi) is 5.31. The van der Waals surface area contributed by atoms with Crippen molar-refractivity contribution < 1.29 is 14.3 Å². The van der Waals surface area contributed by atoms with Crippen LogP contribution >= 0.6 is 0 Å². The summed E-state index contributed by atoms with van der Waals surface area (Å²) < 4.78 is 5.52. The Bertz CT molecular complexity index is 858. The zero-order valence-electron chi connectivity index (χ0n) is 13.6. The van der Waals surface area contributed by atoms with Crippen LogP contribution in [0.25, 0.3) is 10.9 Å². The van der Waals surface area contributed by atoms with Gasteiger partial charge in [-0.1, -0.05) is 36.4 Å². The lowest BCUT2D eigenvalue weighted by molar-refractivity contribution is -0.122. The second kappa shape index (κ2) is 8.01. The van der Waals surface area contributed by atoms with Gasteiger partial charge in [0.05, 0.1) is 12.2 Å². The molecule has 0 aliphatic rings. The highest BCUT2D eigenvalue weighted by atomic mass is 16.5. The summed E-state index contributed by atoms with van der Waals surface area (Å²) in [6.07, 6.45) is 2.45. The molecule has 0 radical (unpaired) electrons. The van der Waals surface area contributed by atoms with Gasteiger partial charge >= 0.3 is 0 Å². The van der Waals surface area contributed by atoms with Gasteiger partial charge in [-0.2, -0.15) is 0 Å². The van der Waals surface area contributed by atoms with Gasteiger partial charge in [0, 0.05) is 23.5 Å². The van der Waals surface area contributed by atoms with Crippen molar-refractivity contribution in [3.63, 3.8) is 0 Å². The highest BCUT2D eigenvalue weighted by molar-refractivity contribution is 6.07. The number of H-pyrrole nitrogens is 1. The Morgan fingerprint density at radius 1 is 0.960 bits per heavy atom. The minimum absolute atomic E-state index is 0.259. The lowest BCUT2D eigenvalue weighted by Crippen LogP contribution is -2.41. The van der Waals surface area contributed by atoms with Crippen molar-refractivity contribution in [3.8, 4) is 5.75 Å². The third kappa shape index (κ3) is 4.38. The second-order valence-electron chi connectivity index (χ2n) is 5.52. The zero-order valence-corrected chi connectivity index (χ0v) is 13.6. The number of nitrogens with one attached hydrogen (secondary N) is 3. The van der Waals surface area contributed by atoms with E-state index in [0.29, 0.717) is 18.6 Å². The molecule has 3 aromatic rings. The summed E-state index contributed by atoms with van der Waals surface area (Å²) >= 11 is 0. The zero-order chi connectivity index (χ0) is 17.5. The van der Waals surface area contributed by atoms with Crippen LogP contribution in [0, 0.1) is 0 Å². The summed E-state index contributed by atoms with van der Waals surface area (Å²) in [5, 5.41) is 0.811. The van der Waals surface area contributed by atoms with Gasteiger partial charge in [-0.15, -0.1) is 0 Å². The molecule has 0 atom stereocenters. The molecule has 6 heteroatoms. The molecule has 0 bridgehead atoms. The maximum atomic E-state index is 12.2. The fraction of sp³-hybridized carbons (Fsp3) is 0.158. The van der Waals surface area contributed by atoms with Crippen LogP contribution in [0.5, 0.6) is 5.75 Å². The first kappa shape index (κ1) is 16.6. The molecule has 0 unspecified atom stereocenters. The van der Waals surface area contributed by atoms with Crippen molar-refractivity contribution in [3.05, 3.63) is 66.4 Å². The number of hydrazine groups is 1. The van der Waals surface area contributed by atoms with Crippen LogP contribution in [0.4, 0.5) is 0 Å². The first-order valence-electron chi connectivity index (χ1n) is 8.07. The van der Waals surface area contributed by atoms with E-state index in [1.54, 1.807) is 6.20 Å². The number of hydrogen-bond acceptors (Lipinski definition) is 3. The van der Waals surface area contributed by atoms with Crippen molar-refractivity contribution in [2.75, 3.05) is 6.61 Å². The van der Waals surface area contributed by atoms with Crippen LogP contribution in [0.1, 0.15) is 23.2 Å². The Balaban J connectivity index is 1.40. The summed E-state index contributed by atoms with van der Waals surface area (Å²) in [7, 11) is 0. The minimum Gasteiger partial charge on any atom is -0.494 e. The van der Waals surface area contributed by atoms with Crippen LogP contribution in [-0.4, -0.2) is 23.4 Å². The number of hydrogen-bond donors (Lipinski definition) is 3. The SMILES string of the molecule is O=C(CCCOc1ccccc1)NNC(=O)c1c[nH]c2ccccc12. The first-order chi connectivity index (χ1) is 12.2. The van der Waals surface area contributed by atoms with Crippen LogP contribution in [0.3, 0.4) is 0 Å². The summed E-state index contributed by atoms with van der Waals surface area (Å²) in [5.74, 6) is 0.159. The minimum atomic E-state index is -0.355. The number of benzene rings is 2. The van der Waals surface area contributed by atoms with Gasteiger partial charge < -0.3 is 9.72 Å². The van der Waals surface area contributed by atoms with E-state index in [9.17, 15) is 9.59 Å². The Labute approximate surface area is 145 Å². The molecular weight excluding hydrogens is 318 g/mol. The Morgan fingerprint density at radius 2 is 1.72 bits per heavy atom. The lowest BCUT2D eigenvalue weighted by atomic mass is 10.2. The molecule has 2 aromatic carbocycles. The van der Waals surface area contributed by atoms with Crippen LogP contribution in [0.2, 0.25) is 0 Å². The molecule has 25 heavy (non-hydrogen) atoms. The molecule has 2 amide bonds. The molecule has 3 N–H and O–H groups in total. The molecular formula is C19H19N3O3. The maximum Gasteiger partial charge on any atom is 0.271 e. The van der Waals surface area contributed by atoms with E-state index in [1.165, 1.54) is 0 Å². The van der Waals surface area contributed by atoms with E-state index < -0.39 is 0 Å². The number of fused-ring (bicyclic) bond motifs is 1. The average Bonchev–Trinajstić information content (AvgIpc) is 3.08.